The smallest absolute Gasteiger partial charge is 0.191 e. The van der Waals surface area contributed by atoms with E-state index in [9.17, 15) is 4.39 Å². The van der Waals surface area contributed by atoms with Crippen LogP contribution in [-0.4, -0.2) is 26.3 Å². The fraction of sp³-hybridized carbons (Fsp3) is 0.385. The third-order valence-electron chi connectivity index (χ3n) is 2.70. The normalized spacial score (nSPS) is 10.9. The molecule has 0 aliphatic heterocycles. The molecule has 2 N–H and O–H groups in total. The molecule has 4 nitrogen and oxygen atoms in total. The quantitative estimate of drug-likeness (QED) is 0.629. The van der Waals surface area contributed by atoms with Crippen molar-refractivity contribution in [3.05, 3.63) is 35.9 Å². The Morgan fingerprint density at radius 1 is 1.20 bits per heavy atom. The van der Waals surface area contributed by atoms with E-state index in [1.807, 2.05) is 17.6 Å². The lowest BCUT2D eigenvalue weighted by Crippen LogP contribution is -2.08. The Hall–Kier alpha value is -1.05. The van der Waals surface area contributed by atoms with Crippen molar-refractivity contribution in [1.82, 2.24) is 14.8 Å². The van der Waals surface area contributed by atoms with Crippen LogP contribution in [0.4, 0.5) is 4.39 Å². The topological polar surface area (TPSA) is 56.7 Å². The molecule has 0 atom stereocenters. The number of benzene rings is 1. The lowest BCUT2D eigenvalue weighted by atomic mass is 10.3. The van der Waals surface area contributed by atoms with Gasteiger partial charge in [0.15, 0.2) is 5.16 Å². The minimum Gasteiger partial charge on any atom is -0.324 e. The van der Waals surface area contributed by atoms with E-state index < -0.39 is 0 Å². The van der Waals surface area contributed by atoms with Crippen molar-refractivity contribution in [3.8, 4) is 0 Å². The predicted octanol–water partition coefficient (Wildman–Crippen LogP) is 2.78. The highest BCUT2D eigenvalue weighted by Crippen LogP contribution is 2.24. The van der Waals surface area contributed by atoms with Crippen LogP contribution < -0.4 is 5.73 Å². The van der Waals surface area contributed by atoms with Gasteiger partial charge in [-0.15, -0.1) is 22.0 Å². The van der Waals surface area contributed by atoms with Crippen LogP contribution in [-0.2, 0) is 13.1 Å². The number of rotatable bonds is 7. The Morgan fingerprint density at radius 3 is 2.65 bits per heavy atom. The lowest BCUT2D eigenvalue weighted by molar-refractivity contribution is 0.602. The third kappa shape index (κ3) is 3.74. The van der Waals surface area contributed by atoms with Gasteiger partial charge in [-0.05, 0) is 19.1 Å². The van der Waals surface area contributed by atoms with Crippen LogP contribution in [0, 0.1) is 5.82 Å². The van der Waals surface area contributed by atoms with E-state index in [1.165, 1.54) is 17.8 Å². The highest BCUT2D eigenvalue weighted by atomic mass is 32.2. The third-order valence-corrected chi connectivity index (χ3v) is 4.98. The van der Waals surface area contributed by atoms with Gasteiger partial charge in [-0.2, -0.15) is 0 Å². The zero-order chi connectivity index (χ0) is 14.4. The molecule has 0 aliphatic rings. The van der Waals surface area contributed by atoms with Crippen LogP contribution in [0.1, 0.15) is 12.7 Å². The molecule has 7 heteroatoms. The summed E-state index contributed by atoms with van der Waals surface area (Å²) in [5.41, 5.74) is 5.61. The summed E-state index contributed by atoms with van der Waals surface area (Å²) in [6.07, 6.45) is 0. The predicted molar refractivity (Wildman–Crippen MR) is 81.4 cm³/mol. The van der Waals surface area contributed by atoms with Crippen molar-refractivity contribution in [1.29, 1.82) is 0 Å². The van der Waals surface area contributed by atoms with E-state index in [4.69, 9.17) is 5.73 Å². The molecule has 2 rings (SSSR count). The van der Waals surface area contributed by atoms with Crippen LogP contribution in [0.5, 0.6) is 0 Å². The van der Waals surface area contributed by atoms with E-state index in [2.05, 4.69) is 10.2 Å². The molecule has 0 radical (unpaired) electrons. The van der Waals surface area contributed by atoms with Gasteiger partial charge in [0, 0.05) is 22.9 Å². The standard InChI is InChI=1S/C13H17FN4S2/c1-2-18-12(9-15)16-17-13(18)20-8-7-19-11-6-4-3-5-10(11)14/h3-6H,2,7-9,15H2,1H3. The van der Waals surface area contributed by atoms with Crippen LogP contribution in [0.2, 0.25) is 0 Å². The summed E-state index contributed by atoms with van der Waals surface area (Å²) in [5.74, 6) is 2.31. The molecule has 1 aromatic heterocycles. The molecule has 0 saturated carbocycles. The fourth-order valence-electron chi connectivity index (χ4n) is 1.74. The van der Waals surface area contributed by atoms with Crippen LogP contribution in [0.25, 0.3) is 0 Å². The van der Waals surface area contributed by atoms with Gasteiger partial charge in [0.2, 0.25) is 0 Å². The molecule has 0 amide bonds. The number of aromatic nitrogens is 3. The van der Waals surface area contributed by atoms with Crippen molar-refractivity contribution in [3.63, 3.8) is 0 Å². The van der Waals surface area contributed by atoms with Gasteiger partial charge in [0.05, 0.1) is 6.54 Å². The summed E-state index contributed by atoms with van der Waals surface area (Å²) in [7, 11) is 0. The summed E-state index contributed by atoms with van der Waals surface area (Å²) < 4.78 is 15.5. The highest BCUT2D eigenvalue weighted by molar-refractivity contribution is 8.02. The maximum absolute atomic E-state index is 13.4. The highest BCUT2D eigenvalue weighted by Gasteiger charge is 2.09. The molecule has 2 aromatic rings. The van der Waals surface area contributed by atoms with E-state index >= 15 is 0 Å². The molecule has 1 aromatic carbocycles. The van der Waals surface area contributed by atoms with Gasteiger partial charge in [-0.1, -0.05) is 23.9 Å². The van der Waals surface area contributed by atoms with Crippen molar-refractivity contribution in [2.24, 2.45) is 5.73 Å². The molecule has 0 saturated heterocycles. The molecule has 1 heterocycles. The largest absolute Gasteiger partial charge is 0.324 e. The molecular formula is C13H17FN4S2. The molecule has 20 heavy (non-hydrogen) atoms. The Bertz CT molecular complexity index is 559. The SMILES string of the molecule is CCn1c(CN)nnc1SCCSc1ccccc1F. The Labute approximate surface area is 126 Å². The molecule has 108 valence electrons. The van der Waals surface area contributed by atoms with Crippen LogP contribution >= 0.6 is 23.5 Å². The first-order chi connectivity index (χ1) is 9.76. The van der Waals surface area contributed by atoms with E-state index in [0.29, 0.717) is 11.4 Å². The first kappa shape index (κ1) is 15.3. The first-order valence-corrected chi connectivity index (χ1v) is 8.35. The van der Waals surface area contributed by atoms with Crippen LogP contribution in [0.15, 0.2) is 34.3 Å². The Balaban J connectivity index is 1.85. The molecule has 0 aliphatic carbocycles. The second kappa shape index (κ2) is 7.66. The van der Waals surface area contributed by atoms with E-state index in [-0.39, 0.29) is 5.82 Å². The second-order valence-electron chi connectivity index (χ2n) is 3.97. The van der Waals surface area contributed by atoms with Gasteiger partial charge in [0.1, 0.15) is 11.6 Å². The minimum atomic E-state index is -0.162. The van der Waals surface area contributed by atoms with Crippen molar-refractivity contribution in [2.45, 2.75) is 30.1 Å². The van der Waals surface area contributed by atoms with Crippen molar-refractivity contribution < 1.29 is 4.39 Å². The number of hydrogen-bond donors (Lipinski definition) is 1. The Kier molecular flexibility index (Phi) is 5.87. The zero-order valence-electron chi connectivity index (χ0n) is 11.3. The van der Waals surface area contributed by atoms with Crippen molar-refractivity contribution in [2.75, 3.05) is 11.5 Å². The molecule has 0 spiro atoms. The molecular weight excluding hydrogens is 295 g/mol. The van der Waals surface area contributed by atoms with Gasteiger partial charge in [-0.25, -0.2) is 4.39 Å². The van der Waals surface area contributed by atoms with E-state index in [1.54, 1.807) is 23.9 Å². The molecule has 0 fully saturated rings. The van der Waals surface area contributed by atoms with Gasteiger partial charge < -0.3 is 10.3 Å². The summed E-state index contributed by atoms with van der Waals surface area (Å²) in [6.45, 7) is 3.24. The maximum Gasteiger partial charge on any atom is 0.191 e. The molecule has 0 bridgehead atoms. The van der Waals surface area contributed by atoms with Crippen LogP contribution in [0.3, 0.4) is 0 Å². The fourth-order valence-corrected chi connectivity index (χ4v) is 3.68. The summed E-state index contributed by atoms with van der Waals surface area (Å²) in [5, 5.41) is 9.07. The minimum absolute atomic E-state index is 0.162. The van der Waals surface area contributed by atoms with E-state index in [0.717, 1.165) is 29.0 Å². The molecule has 0 unspecified atom stereocenters. The average molecular weight is 312 g/mol. The van der Waals surface area contributed by atoms with Gasteiger partial charge in [-0.3, -0.25) is 0 Å². The monoisotopic (exact) mass is 312 g/mol. The second-order valence-corrected chi connectivity index (χ2v) is 6.17. The lowest BCUT2D eigenvalue weighted by Gasteiger charge is -2.06. The zero-order valence-corrected chi connectivity index (χ0v) is 12.9. The number of hydrogen-bond acceptors (Lipinski definition) is 5. The number of halogens is 1. The summed E-state index contributed by atoms with van der Waals surface area (Å²) >= 11 is 3.14. The Morgan fingerprint density at radius 2 is 1.95 bits per heavy atom. The van der Waals surface area contributed by atoms with Gasteiger partial charge >= 0.3 is 0 Å². The maximum atomic E-state index is 13.4. The average Bonchev–Trinajstić information content (AvgIpc) is 2.87. The summed E-state index contributed by atoms with van der Waals surface area (Å²) in [6, 6.07) is 6.83. The number of thioether (sulfide) groups is 2. The number of nitrogens with zero attached hydrogens (tertiary/aromatic N) is 3. The number of nitrogens with two attached hydrogens (primary N) is 1. The van der Waals surface area contributed by atoms with Gasteiger partial charge in [0.25, 0.3) is 0 Å². The first-order valence-electron chi connectivity index (χ1n) is 6.38. The summed E-state index contributed by atoms with van der Waals surface area (Å²) in [4.78, 5) is 0.688. The van der Waals surface area contributed by atoms with Crippen molar-refractivity contribution >= 4 is 23.5 Å².